The molecule has 11 nitrogen and oxygen atoms in total. The lowest BCUT2D eigenvalue weighted by molar-refractivity contribution is -0.384. The number of nitrogens with zero attached hydrogens (tertiary/aromatic N) is 2. The van der Waals surface area contributed by atoms with E-state index in [1.54, 1.807) is 32.0 Å². The Morgan fingerprint density at radius 1 is 1.21 bits per heavy atom. The lowest BCUT2D eigenvalue weighted by Crippen LogP contribution is -2.35. The summed E-state index contributed by atoms with van der Waals surface area (Å²) >= 11 is 0. The number of methoxy groups -OCH3 is 1. The Kier molecular flexibility index (Phi) is 7.93. The summed E-state index contributed by atoms with van der Waals surface area (Å²) in [5.74, 6) is -1.36. The van der Waals surface area contributed by atoms with E-state index < -0.39 is 16.8 Å². The van der Waals surface area contributed by atoms with Crippen molar-refractivity contribution in [3.05, 3.63) is 69.4 Å². The molecule has 0 bridgehead atoms. The first-order valence-corrected chi connectivity index (χ1v) is 10.5. The van der Waals surface area contributed by atoms with Gasteiger partial charge in [0.05, 0.1) is 29.5 Å². The van der Waals surface area contributed by atoms with E-state index >= 15 is 0 Å². The fourth-order valence-corrected chi connectivity index (χ4v) is 3.28. The summed E-state index contributed by atoms with van der Waals surface area (Å²) in [6, 6.07) is 11.1. The fraction of sp³-hybridized carbons (Fsp3) is 0.261. The van der Waals surface area contributed by atoms with Crippen LogP contribution in [0.5, 0.6) is 0 Å². The summed E-state index contributed by atoms with van der Waals surface area (Å²) in [7, 11) is 1.52. The molecule has 0 aliphatic carbocycles. The summed E-state index contributed by atoms with van der Waals surface area (Å²) in [4.78, 5) is 41.2. The van der Waals surface area contributed by atoms with Gasteiger partial charge in [0.15, 0.2) is 0 Å². The highest BCUT2D eigenvalue weighted by atomic mass is 16.6. The van der Waals surface area contributed by atoms with Gasteiger partial charge in [0.1, 0.15) is 17.1 Å². The van der Waals surface area contributed by atoms with E-state index in [9.17, 15) is 19.7 Å². The predicted octanol–water partition coefficient (Wildman–Crippen LogP) is 3.38. The van der Waals surface area contributed by atoms with Crippen molar-refractivity contribution in [2.75, 3.05) is 37.5 Å². The standard InChI is InChI=1S/C23H25N5O6/c1-4-34-23(30)20-14(2)25-16-7-5-6-8-17(16)26-21(20)27-22(29)15-9-10-18(24-11-12-33-3)19(13-15)28(31)32/h5-10,13,24-25H,4,11-12H2,1-3H3,(H,26,27,29). The molecule has 0 saturated heterocycles. The van der Waals surface area contributed by atoms with E-state index in [1.807, 2.05) is 6.07 Å². The minimum Gasteiger partial charge on any atom is -0.462 e. The second-order valence-corrected chi connectivity index (χ2v) is 7.19. The molecule has 0 aromatic heterocycles. The Bertz CT molecular complexity index is 1170. The Balaban J connectivity index is 1.96. The average molecular weight is 467 g/mol. The summed E-state index contributed by atoms with van der Waals surface area (Å²) in [6.45, 7) is 4.19. The maximum Gasteiger partial charge on any atom is 0.343 e. The highest BCUT2D eigenvalue weighted by Gasteiger charge is 2.27. The van der Waals surface area contributed by atoms with Crippen molar-refractivity contribution in [1.29, 1.82) is 0 Å². The first kappa shape index (κ1) is 24.4. The number of nitro groups is 1. The van der Waals surface area contributed by atoms with Crippen LogP contribution in [0.15, 0.2) is 58.7 Å². The zero-order valence-electron chi connectivity index (χ0n) is 19.0. The van der Waals surface area contributed by atoms with Gasteiger partial charge in [0, 0.05) is 31.0 Å². The molecule has 0 fully saturated rings. The molecule has 1 amide bonds. The number of amides is 1. The third-order valence-electron chi connectivity index (χ3n) is 4.86. The fourth-order valence-electron chi connectivity index (χ4n) is 3.28. The molecule has 1 heterocycles. The average Bonchev–Trinajstić information content (AvgIpc) is 2.94. The second-order valence-electron chi connectivity index (χ2n) is 7.19. The molecule has 0 saturated carbocycles. The summed E-state index contributed by atoms with van der Waals surface area (Å²) < 4.78 is 10.1. The minimum absolute atomic E-state index is 0.0247. The van der Waals surface area contributed by atoms with Crippen molar-refractivity contribution in [1.82, 2.24) is 5.32 Å². The molecule has 0 spiro atoms. The van der Waals surface area contributed by atoms with Gasteiger partial charge in [0.25, 0.3) is 11.6 Å². The van der Waals surface area contributed by atoms with Crippen LogP contribution in [0.25, 0.3) is 0 Å². The van der Waals surface area contributed by atoms with E-state index in [4.69, 9.17) is 9.47 Å². The van der Waals surface area contributed by atoms with Crippen LogP contribution >= 0.6 is 0 Å². The third-order valence-corrected chi connectivity index (χ3v) is 4.86. The molecular formula is C23H25N5O6. The molecule has 34 heavy (non-hydrogen) atoms. The van der Waals surface area contributed by atoms with Crippen LogP contribution < -0.4 is 16.0 Å². The molecule has 11 heteroatoms. The smallest absolute Gasteiger partial charge is 0.343 e. The van der Waals surface area contributed by atoms with Crippen LogP contribution in [0.4, 0.5) is 22.7 Å². The van der Waals surface area contributed by atoms with Crippen LogP contribution in [0.2, 0.25) is 0 Å². The van der Waals surface area contributed by atoms with Crippen molar-refractivity contribution in [3.8, 4) is 0 Å². The number of allylic oxidation sites excluding steroid dienone is 1. The van der Waals surface area contributed by atoms with Gasteiger partial charge >= 0.3 is 5.97 Å². The van der Waals surface area contributed by atoms with Gasteiger partial charge < -0.3 is 25.4 Å². The van der Waals surface area contributed by atoms with E-state index in [0.29, 0.717) is 30.2 Å². The van der Waals surface area contributed by atoms with Crippen LogP contribution in [0.3, 0.4) is 0 Å². The number of anilines is 2. The molecule has 1 aliphatic heterocycles. The van der Waals surface area contributed by atoms with Crippen molar-refractivity contribution >= 4 is 40.5 Å². The molecule has 0 atom stereocenters. The van der Waals surface area contributed by atoms with Gasteiger partial charge in [-0.15, -0.1) is 0 Å². The number of benzene rings is 2. The minimum atomic E-state index is -0.667. The van der Waals surface area contributed by atoms with Gasteiger partial charge in [-0.2, -0.15) is 0 Å². The number of amidine groups is 1. The number of ether oxygens (including phenoxy) is 2. The number of hydrogen-bond acceptors (Lipinski definition) is 9. The number of nitrogens with one attached hydrogen (secondary N) is 3. The van der Waals surface area contributed by atoms with E-state index in [0.717, 1.165) is 6.07 Å². The van der Waals surface area contributed by atoms with Crippen LogP contribution in [-0.4, -0.2) is 49.5 Å². The van der Waals surface area contributed by atoms with Gasteiger partial charge in [-0.1, -0.05) is 12.1 Å². The maximum atomic E-state index is 13.1. The first-order chi connectivity index (χ1) is 16.3. The summed E-state index contributed by atoms with van der Waals surface area (Å²) in [5, 5.41) is 20.2. The van der Waals surface area contributed by atoms with Crippen molar-refractivity contribution < 1.29 is 24.0 Å². The Labute approximate surface area is 196 Å². The Hall–Kier alpha value is -4.25. The lowest BCUT2D eigenvalue weighted by atomic mass is 10.1. The molecule has 2 aromatic rings. The van der Waals surface area contributed by atoms with Crippen LogP contribution in [-0.2, 0) is 14.3 Å². The largest absolute Gasteiger partial charge is 0.462 e. The maximum absolute atomic E-state index is 13.1. The molecule has 0 radical (unpaired) electrons. The molecule has 3 N–H and O–H groups in total. The highest BCUT2D eigenvalue weighted by molar-refractivity contribution is 6.25. The molecule has 3 rings (SSSR count). The van der Waals surface area contributed by atoms with E-state index in [-0.39, 0.29) is 35.0 Å². The number of carbonyl (C=O) groups is 2. The predicted molar refractivity (Wildman–Crippen MR) is 127 cm³/mol. The highest BCUT2D eigenvalue weighted by Crippen LogP contribution is 2.30. The van der Waals surface area contributed by atoms with Gasteiger partial charge in [-0.3, -0.25) is 14.9 Å². The number of hydrogen-bond donors (Lipinski definition) is 3. The molecule has 1 aliphatic rings. The number of carbonyl (C=O) groups excluding carboxylic acids is 2. The van der Waals surface area contributed by atoms with Crippen LogP contribution in [0, 0.1) is 10.1 Å². The van der Waals surface area contributed by atoms with Crippen molar-refractivity contribution in [3.63, 3.8) is 0 Å². The summed E-state index contributed by atoms with van der Waals surface area (Å²) in [6.07, 6.45) is 0. The zero-order chi connectivity index (χ0) is 24.7. The quantitative estimate of drug-likeness (QED) is 0.232. The van der Waals surface area contributed by atoms with Crippen molar-refractivity contribution in [2.45, 2.75) is 13.8 Å². The lowest BCUT2D eigenvalue weighted by Gasteiger charge is -2.14. The zero-order valence-corrected chi connectivity index (χ0v) is 19.0. The number of para-hydroxylation sites is 2. The molecule has 2 aromatic carbocycles. The number of esters is 1. The number of aliphatic imine (C=N–C) groups is 1. The topological polar surface area (TPSA) is 144 Å². The van der Waals surface area contributed by atoms with Crippen molar-refractivity contribution in [2.24, 2.45) is 4.99 Å². The summed E-state index contributed by atoms with van der Waals surface area (Å²) in [5.41, 5.74) is 1.65. The number of nitro benzene ring substituents is 1. The monoisotopic (exact) mass is 467 g/mol. The normalized spacial score (nSPS) is 12.6. The van der Waals surface area contributed by atoms with E-state index in [1.165, 1.54) is 19.2 Å². The number of rotatable bonds is 8. The van der Waals surface area contributed by atoms with Gasteiger partial charge in [-0.05, 0) is 38.1 Å². The molecule has 0 unspecified atom stereocenters. The van der Waals surface area contributed by atoms with Crippen LogP contribution in [0.1, 0.15) is 24.2 Å². The number of fused-ring (bicyclic) bond motifs is 1. The van der Waals surface area contributed by atoms with Gasteiger partial charge in [-0.25, -0.2) is 9.79 Å². The Morgan fingerprint density at radius 3 is 2.68 bits per heavy atom. The molecular weight excluding hydrogens is 442 g/mol. The molecule has 178 valence electrons. The van der Waals surface area contributed by atoms with E-state index in [2.05, 4.69) is 20.9 Å². The third kappa shape index (κ3) is 5.56. The second kappa shape index (κ2) is 11.1. The first-order valence-electron chi connectivity index (χ1n) is 10.5. The Morgan fingerprint density at radius 2 is 1.97 bits per heavy atom. The van der Waals surface area contributed by atoms with Gasteiger partial charge in [0.2, 0.25) is 0 Å². The SMILES string of the molecule is CCOC(=O)C1=C(C)Nc2ccccc2N=C1NC(=O)c1ccc(NCCOC)c([N+](=O)[O-])c1.